The van der Waals surface area contributed by atoms with Gasteiger partial charge in [-0.1, -0.05) is 0 Å². The first-order valence-corrected chi connectivity index (χ1v) is 5.71. The highest BCUT2D eigenvalue weighted by atomic mass is 32.1. The van der Waals surface area contributed by atoms with Gasteiger partial charge in [0.25, 0.3) is 0 Å². The molecule has 0 unspecified atom stereocenters. The maximum atomic E-state index is 5.59. The Kier molecular flexibility index (Phi) is 2.83. The molecule has 15 heavy (non-hydrogen) atoms. The van der Waals surface area contributed by atoms with Crippen molar-refractivity contribution in [3.63, 3.8) is 0 Å². The predicted molar refractivity (Wildman–Crippen MR) is 60.8 cm³/mol. The normalized spacial score (nSPS) is 10.9. The van der Waals surface area contributed by atoms with Crippen LogP contribution in [0.25, 0.3) is 0 Å². The van der Waals surface area contributed by atoms with E-state index in [2.05, 4.69) is 15.5 Å². The molecular formula is C10H14N4S. The Morgan fingerprint density at radius 2 is 2.27 bits per heavy atom. The van der Waals surface area contributed by atoms with Gasteiger partial charge in [-0.3, -0.25) is 4.68 Å². The van der Waals surface area contributed by atoms with Gasteiger partial charge in [0.1, 0.15) is 0 Å². The van der Waals surface area contributed by atoms with E-state index in [9.17, 15) is 0 Å². The van der Waals surface area contributed by atoms with E-state index in [-0.39, 0.29) is 0 Å². The van der Waals surface area contributed by atoms with Crippen molar-refractivity contribution in [2.45, 2.75) is 26.9 Å². The molecule has 0 atom stereocenters. The Bertz CT molecular complexity index is 458. The quantitative estimate of drug-likeness (QED) is 0.855. The molecule has 0 aromatic carbocycles. The van der Waals surface area contributed by atoms with Crippen molar-refractivity contribution in [1.29, 1.82) is 0 Å². The topological polar surface area (TPSA) is 56.7 Å². The van der Waals surface area contributed by atoms with Crippen molar-refractivity contribution in [3.8, 4) is 0 Å². The minimum Gasteiger partial charge on any atom is -0.326 e. The van der Waals surface area contributed by atoms with E-state index in [4.69, 9.17) is 5.73 Å². The molecular weight excluding hydrogens is 208 g/mol. The lowest BCUT2D eigenvalue weighted by Crippen LogP contribution is -2.05. The van der Waals surface area contributed by atoms with Gasteiger partial charge in [0, 0.05) is 23.2 Å². The summed E-state index contributed by atoms with van der Waals surface area (Å²) in [6.07, 6.45) is 1.83. The Morgan fingerprint density at radius 3 is 2.80 bits per heavy atom. The monoisotopic (exact) mass is 222 g/mol. The van der Waals surface area contributed by atoms with Gasteiger partial charge in [0.05, 0.1) is 23.4 Å². The Hall–Kier alpha value is -1.20. The van der Waals surface area contributed by atoms with Crippen molar-refractivity contribution in [2.24, 2.45) is 5.73 Å². The lowest BCUT2D eigenvalue weighted by molar-refractivity contribution is 0.653. The smallest absolute Gasteiger partial charge is 0.0898 e. The number of aryl methyl sites for hydroxylation is 1. The highest BCUT2D eigenvalue weighted by Crippen LogP contribution is 2.12. The fourth-order valence-electron chi connectivity index (χ4n) is 1.48. The molecule has 2 rings (SSSR count). The lowest BCUT2D eigenvalue weighted by Gasteiger charge is -2.02. The Labute approximate surface area is 92.8 Å². The van der Waals surface area contributed by atoms with E-state index >= 15 is 0 Å². The molecule has 2 heterocycles. The van der Waals surface area contributed by atoms with Crippen LogP contribution in [0.4, 0.5) is 0 Å². The van der Waals surface area contributed by atoms with Crippen LogP contribution in [0.3, 0.4) is 0 Å². The van der Waals surface area contributed by atoms with Crippen LogP contribution in [0.5, 0.6) is 0 Å². The van der Waals surface area contributed by atoms with Gasteiger partial charge in [0.15, 0.2) is 0 Å². The number of aromatic nitrogens is 3. The summed E-state index contributed by atoms with van der Waals surface area (Å²) in [7, 11) is 0. The van der Waals surface area contributed by atoms with E-state index in [0.717, 1.165) is 28.5 Å². The van der Waals surface area contributed by atoms with Gasteiger partial charge in [-0.05, 0) is 13.8 Å². The second-order valence-electron chi connectivity index (χ2n) is 3.47. The van der Waals surface area contributed by atoms with E-state index in [1.807, 2.05) is 24.7 Å². The average molecular weight is 222 g/mol. The maximum Gasteiger partial charge on any atom is 0.0898 e. The van der Waals surface area contributed by atoms with Crippen molar-refractivity contribution < 1.29 is 0 Å². The van der Waals surface area contributed by atoms with Gasteiger partial charge >= 0.3 is 0 Å². The highest BCUT2D eigenvalue weighted by Gasteiger charge is 2.06. The summed E-state index contributed by atoms with van der Waals surface area (Å²) >= 11 is 1.67. The molecule has 5 heteroatoms. The van der Waals surface area contributed by atoms with Crippen LogP contribution in [0.15, 0.2) is 11.6 Å². The number of nitrogens with two attached hydrogens (primary N) is 1. The van der Waals surface area contributed by atoms with Crippen LogP contribution in [0.1, 0.15) is 22.0 Å². The zero-order valence-electron chi connectivity index (χ0n) is 8.90. The van der Waals surface area contributed by atoms with Crippen LogP contribution < -0.4 is 5.73 Å². The molecule has 0 saturated heterocycles. The van der Waals surface area contributed by atoms with Crippen LogP contribution in [0.2, 0.25) is 0 Å². The van der Waals surface area contributed by atoms with Gasteiger partial charge in [-0.2, -0.15) is 5.10 Å². The first-order chi connectivity index (χ1) is 7.20. The van der Waals surface area contributed by atoms with Gasteiger partial charge in [0.2, 0.25) is 0 Å². The van der Waals surface area contributed by atoms with Gasteiger partial charge in [-0.15, -0.1) is 11.3 Å². The molecule has 0 bridgehead atoms. The van der Waals surface area contributed by atoms with Crippen molar-refractivity contribution in [1.82, 2.24) is 14.8 Å². The summed E-state index contributed by atoms with van der Waals surface area (Å²) in [5.41, 5.74) is 8.88. The van der Waals surface area contributed by atoms with Crippen LogP contribution in [0, 0.1) is 13.8 Å². The summed E-state index contributed by atoms with van der Waals surface area (Å²) in [6.45, 7) is 5.32. The highest BCUT2D eigenvalue weighted by molar-refractivity contribution is 7.09. The summed E-state index contributed by atoms with van der Waals surface area (Å²) in [4.78, 5) is 4.41. The summed E-state index contributed by atoms with van der Waals surface area (Å²) in [6, 6.07) is 0. The number of hydrogen-bond acceptors (Lipinski definition) is 4. The van der Waals surface area contributed by atoms with Crippen LogP contribution in [-0.4, -0.2) is 14.8 Å². The minimum absolute atomic E-state index is 0.544. The standard InChI is InChI=1S/C10H14N4S/c1-7-9(3-11)4-12-14(7)5-10-6-15-8(2)13-10/h4,6H,3,5,11H2,1-2H3. The minimum atomic E-state index is 0.544. The predicted octanol–water partition coefficient (Wildman–Crippen LogP) is 1.46. The van der Waals surface area contributed by atoms with E-state index in [1.54, 1.807) is 11.3 Å². The molecule has 80 valence electrons. The molecule has 2 aromatic heterocycles. The SMILES string of the molecule is Cc1nc(Cn2ncc(CN)c2C)cs1. The summed E-state index contributed by atoms with van der Waals surface area (Å²) in [5.74, 6) is 0. The largest absolute Gasteiger partial charge is 0.326 e. The summed E-state index contributed by atoms with van der Waals surface area (Å²) < 4.78 is 1.94. The molecule has 2 N–H and O–H groups in total. The molecule has 2 aromatic rings. The molecule has 0 radical (unpaired) electrons. The zero-order chi connectivity index (χ0) is 10.8. The van der Waals surface area contributed by atoms with Crippen LogP contribution >= 0.6 is 11.3 Å². The fraction of sp³-hybridized carbons (Fsp3) is 0.400. The van der Waals surface area contributed by atoms with E-state index in [0.29, 0.717) is 6.54 Å². The molecule has 0 spiro atoms. The van der Waals surface area contributed by atoms with Crippen molar-refractivity contribution in [2.75, 3.05) is 0 Å². The molecule has 0 aliphatic heterocycles. The third kappa shape index (κ3) is 2.08. The number of nitrogens with zero attached hydrogens (tertiary/aromatic N) is 3. The molecule has 0 aliphatic carbocycles. The molecule has 0 amide bonds. The average Bonchev–Trinajstić information content (AvgIpc) is 2.76. The van der Waals surface area contributed by atoms with Crippen molar-refractivity contribution >= 4 is 11.3 Å². The molecule has 0 saturated carbocycles. The van der Waals surface area contributed by atoms with E-state index < -0.39 is 0 Å². The molecule has 4 nitrogen and oxygen atoms in total. The number of thiazole rings is 1. The second-order valence-corrected chi connectivity index (χ2v) is 4.54. The third-order valence-electron chi connectivity index (χ3n) is 2.40. The van der Waals surface area contributed by atoms with E-state index in [1.165, 1.54) is 0 Å². The zero-order valence-corrected chi connectivity index (χ0v) is 9.71. The van der Waals surface area contributed by atoms with Crippen molar-refractivity contribution in [3.05, 3.63) is 33.5 Å². The van der Waals surface area contributed by atoms with Crippen LogP contribution in [-0.2, 0) is 13.1 Å². The number of hydrogen-bond donors (Lipinski definition) is 1. The maximum absolute atomic E-state index is 5.59. The summed E-state index contributed by atoms with van der Waals surface area (Å²) in [5, 5.41) is 7.45. The Balaban J connectivity index is 2.21. The number of rotatable bonds is 3. The fourth-order valence-corrected chi connectivity index (χ4v) is 2.08. The lowest BCUT2D eigenvalue weighted by atomic mass is 10.3. The first-order valence-electron chi connectivity index (χ1n) is 4.83. The van der Waals surface area contributed by atoms with Gasteiger partial charge in [-0.25, -0.2) is 4.98 Å². The van der Waals surface area contributed by atoms with Gasteiger partial charge < -0.3 is 5.73 Å². The molecule has 0 aliphatic rings. The third-order valence-corrected chi connectivity index (χ3v) is 3.23. The first kappa shape index (κ1) is 10.3. The second kappa shape index (κ2) is 4.12. The molecule has 0 fully saturated rings. The Morgan fingerprint density at radius 1 is 1.47 bits per heavy atom.